The molecule has 3 aromatic rings. The van der Waals surface area contributed by atoms with Crippen LogP contribution in [0.25, 0.3) is 11.0 Å². The number of benzene rings is 1. The minimum atomic E-state index is -0.797. The standard InChI is InChI=1S/C29H35N3O3/c1-34-27-5-3-4-22(16-27)19-31-13-10-23(11-14-31)26-17-25-12-15-32(28(25)30-18-26)20-21-6-8-24(9-7-21)29(33)35-2/h3-6,8,12,15-18,23,29,33H,7,9-11,13-14,19-20H2,1-2H3. The summed E-state index contributed by atoms with van der Waals surface area (Å²) in [5.41, 5.74) is 5.97. The number of rotatable bonds is 8. The Morgan fingerprint density at radius 3 is 2.66 bits per heavy atom. The van der Waals surface area contributed by atoms with Crippen LogP contribution in [-0.4, -0.2) is 53.2 Å². The van der Waals surface area contributed by atoms with Gasteiger partial charge in [0.2, 0.25) is 0 Å². The molecule has 0 bridgehead atoms. The van der Waals surface area contributed by atoms with Gasteiger partial charge in [-0.05, 0) is 85.7 Å². The molecule has 0 saturated carbocycles. The van der Waals surface area contributed by atoms with Crippen molar-refractivity contribution < 1.29 is 14.6 Å². The van der Waals surface area contributed by atoms with Crippen molar-refractivity contribution in [2.75, 3.05) is 27.3 Å². The lowest BCUT2D eigenvalue weighted by Crippen LogP contribution is -2.32. The molecule has 5 rings (SSSR count). The predicted molar refractivity (Wildman–Crippen MR) is 138 cm³/mol. The molecule has 1 N–H and O–H groups in total. The summed E-state index contributed by atoms with van der Waals surface area (Å²) in [5, 5.41) is 11.1. The van der Waals surface area contributed by atoms with Gasteiger partial charge in [0, 0.05) is 38.0 Å². The van der Waals surface area contributed by atoms with Crippen molar-refractivity contribution in [3.8, 4) is 5.75 Å². The van der Waals surface area contributed by atoms with Gasteiger partial charge in [0.1, 0.15) is 11.4 Å². The number of nitrogens with zero attached hydrogens (tertiary/aromatic N) is 3. The molecule has 1 atom stereocenters. The van der Waals surface area contributed by atoms with E-state index in [1.807, 2.05) is 12.1 Å². The van der Waals surface area contributed by atoms with Crippen LogP contribution < -0.4 is 4.74 Å². The lowest BCUT2D eigenvalue weighted by molar-refractivity contribution is -0.0468. The molecule has 1 fully saturated rings. The van der Waals surface area contributed by atoms with Crippen LogP contribution in [0.1, 0.15) is 42.7 Å². The number of aliphatic hydroxyl groups is 1. The summed E-state index contributed by atoms with van der Waals surface area (Å²) in [7, 11) is 3.25. The molecular formula is C29H35N3O3. The van der Waals surface area contributed by atoms with Gasteiger partial charge in [-0.2, -0.15) is 0 Å². The number of fused-ring (bicyclic) bond motifs is 1. The number of allylic oxidation sites excluding steroid dienone is 3. The fourth-order valence-electron chi connectivity index (χ4n) is 5.30. The zero-order valence-electron chi connectivity index (χ0n) is 20.7. The number of ether oxygens (including phenoxy) is 2. The summed E-state index contributed by atoms with van der Waals surface area (Å²) in [6.45, 7) is 4.00. The quantitative estimate of drug-likeness (QED) is 0.465. The van der Waals surface area contributed by atoms with Crippen molar-refractivity contribution in [2.24, 2.45) is 0 Å². The topological polar surface area (TPSA) is 59.8 Å². The molecule has 6 nitrogen and oxygen atoms in total. The first kappa shape index (κ1) is 23.8. The Kier molecular flexibility index (Phi) is 7.32. The molecule has 1 aliphatic heterocycles. The highest BCUT2D eigenvalue weighted by Crippen LogP contribution is 2.31. The summed E-state index contributed by atoms with van der Waals surface area (Å²) in [5.74, 6) is 1.49. The van der Waals surface area contributed by atoms with Crippen molar-refractivity contribution >= 4 is 11.0 Å². The molecule has 0 radical (unpaired) electrons. The van der Waals surface area contributed by atoms with Gasteiger partial charge in [-0.1, -0.05) is 29.9 Å². The maximum atomic E-state index is 9.86. The van der Waals surface area contributed by atoms with Crippen molar-refractivity contribution in [1.29, 1.82) is 0 Å². The zero-order chi connectivity index (χ0) is 24.2. The Labute approximate surface area is 207 Å². The van der Waals surface area contributed by atoms with Crippen LogP contribution in [0.2, 0.25) is 0 Å². The minimum absolute atomic E-state index is 0.564. The van der Waals surface area contributed by atoms with Crippen LogP contribution in [-0.2, 0) is 17.8 Å². The molecular weight excluding hydrogens is 438 g/mol. The Balaban J connectivity index is 1.20. The highest BCUT2D eigenvalue weighted by Gasteiger charge is 2.22. The average molecular weight is 474 g/mol. The Hall–Kier alpha value is -2.93. The van der Waals surface area contributed by atoms with Gasteiger partial charge in [0.15, 0.2) is 6.29 Å². The number of methoxy groups -OCH3 is 2. The van der Waals surface area contributed by atoms with E-state index in [1.165, 1.54) is 29.2 Å². The lowest BCUT2D eigenvalue weighted by Gasteiger charge is -2.32. The molecule has 1 aromatic carbocycles. The van der Waals surface area contributed by atoms with E-state index in [9.17, 15) is 5.11 Å². The number of likely N-dealkylation sites (tertiary alicyclic amines) is 1. The van der Waals surface area contributed by atoms with Crippen LogP contribution in [0.4, 0.5) is 0 Å². The van der Waals surface area contributed by atoms with E-state index in [1.54, 1.807) is 7.11 Å². The summed E-state index contributed by atoms with van der Waals surface area (Å²) >= 11 is 0. The van der Waals surface area contributed by atoms with Gasteiger partial charge in [-0.25, -0.2) is 4.98 Å². The molecule has 1 unspecified atom stereocenters. The maximum absolute atomic E-state index is 9.86. The lowest BCUT2D eigenvalue weighted by atomic mass is 9.90. The second-order valence-corrected chi connectivity index (χ2v) is 9.68. The van der Waals surface area contributed by atoms with Gasteiger partial charge < -0.3 is 19.1 Å². The summed E-state index contributed by atoms with van der Waals surface area (Å²) in [6.07, 6.45) is 11.6. The van der Waals surface area contributed by atoms with E-state index in [0.29, 0.717) is 5.92 Å². The molecule has 3 heterocycles. The summed E-state index contributed by atoms with van der Waals surface area (Å²) in [4.78, 5) is 7.42. The fraction of sp³-hybridized carbons (Fsp3) is 0.414. The Bertz CT molecular complexity index is 1220. The van der Waals surface area contributed by atoms with Gasteiger partial charge in [-0.3, -0.25) is 4.90 Å². The van der Waals surface area contributed by atoms with Gasteiger partial charge in [0.25, 0.3) is 0 Å². The molecule has 6 heteroatoms. The monoisotopic (exact) mass is 473 g/mol. The van der Waals surface area contributed by atoms with Crippen LogP contribution in [0, 0.1) is 0 Å². The molecule has 0 amide bonds. The van der Waals surface area contributed by atoms with Crippen molar-refractivity contribution in [1.82, 2.24) is 14.5 Å². The van der Waals surface area contributed by atoms with E-state index in [2.05, 4.69) is 58.3 Å². The molecule has 2 aliphatic rings. The first-order valence-corrected chi connectivity index (χ1v) is 12.5. The molecule has 2 aromatic heterocycles. The van der Waals surface area contributed by atoms with Crippen molar-refractivity contribution in [3.63, 3.8) is 0 Å². The van der Waals surface area contributed by atoms with Gasteiger partial charge in [-0.15, -0.1) is 0 Å². The zero-order valence-corrected chi connectivity index (χ0v) is 20.7. The number of piperidine rings is 1. The number of pyridine rings is 1. The SMILES string of the molecule is COc1cccc(CN2CCC(c3cnc4c(ccn4CC4=CC=C(C(O)OC)CC4)c3)CC2)c1. The first-order chi connectivity index (χ1) is 17.1. The molecule has 1 saturated heterocycles. The molecule has 0 spiro atoms. The number of aliphatic hydroxyl groups excluding tert-OH is 1. The highest BCUT2D eigenvalue weighted by atomic mass is 16.6. The third-order valence-electron chi connectivity index (χ3n) is 7.40. The van der Waals surface area contributed by atoms with E-state index < -0.39 is 6.29 Å². The predicted octanol–water partition coefficient (Wildman–Crippen LogP) is 5.04. The van der Waals surface area contributed by atoms with E-state index in [4.69, 9.17) is 14.5 Å². The molecule has 1 aliphatic carbocycles. The Morgan fingerprint density at radius 1 is 1.06 bits per heavy atom. The maximum Gasteiger partial charge on any atom is 0.177 e. The minimum Gasteiger partial charge on any atom is -0.497 e. The smallest absolute Gasteiger partial charge is 0.177 e. The normalized spacial score (nSPS) is 18.4. The second-order valence-electron chi connectivity index (χ2n) is 9.68. The van der Waals surface area contributed by atoms with Crippen LogP contribution in [0.5, 0.6) is 5.75 Å². The highest BCUT2D eigenvalue weighted by molar-refractivity contribution is 5.77. The summed E-state index contributed by atoms with van der Waals surface area (Å²) in [6, 6.07) is 12.9. The van der Waals surface area contributed by atoms with E-state index in [0.717, 1.165) is 68.8 Å². The fourth-order valence-corrected chi connectivity index (χ4v) is 5.30. The second kappa shape index (κ2) is 10.8. The van der Waals surface area contributed by atoms with E-state index in [-0.39, 0.29) is 0 Å². The van der Waals surface area contributed by atoms with Crippen LogP contribution >= 0.6 is 0 Å². The number of hydrogen-bond acceptors (Lipinski definition) is 5. The van der Waals surface area contributed by atoms with Crippen LogP contribution in [0.3, 0.4) is 0 Å². The number of hydrogen-bond donors (Lipinski definition) is 1. The van der Waals surface area contributed by atoms with Gasteiger partial charge >= 0.3 is 0 Å². The Morgan fingerprint density at radius 2 is 1.91 bits per heavy atom. The number of aromatic nitrogens is 2. The van der Waals surface area contributed by atoms with Crippen LogP contribution in [0.15, 0.2) is 72.1 Å². The van der Waals surface area contributed by atoms with E-state index >= 15 is 0 Å². The molecule has 35 heavy (non-hydrogen) atoms. The third-order valence-corrected chi connectivity index (χ3v) is 7.40. The van der Waals surface area contributed by atoms with Crippen molar-refractivity contribution in [3.05, 3.63) is 83.2 Å². The third kappa shape index (κ3) is 5.50. The van der Waals surface area contributed by atoms with Crippen molar-refractivity contribution in [2.45, 2.75) is 51.0 Å². The average Bonchev–Trinajstić information content (AvgIpc) is 3.31. The largest absolute Gasteiger partial charge is 0.497 e. The molecule has 184 valence electrons. The first-order valence-electron chi connectivity index (χ1n) is 12.5. The van der Waals surface area contributed by atoms with Gasteiger partial charge in [0.05, 0.1) is 7.11 Å². The summed E-state index contributed by atoms with van der Waals surface area (Å²) < 4.78 is 12.6.